The number of rotatable bonds is 13. The molecule has 0 amide bonds. The third-order valence-electron chi connectivity index (χ3n) is 4.86. The van der Waals surface area contributed by atoms with Crippen LogP contribution in [0.3, 0.4) is 0 Å². The molecule has 3 rings (SSSR count). The molecular weight excluding hydrogens is 456 g/mol. The van der Waals surface area contributed by atoms with Crippen LogP contribution in [0.5, 0.6) is 5.75 Å². The van der Waals surface area contributed by atoms with Crippen LogP contribution in [0.1, 0.15) is 31.0 Å². The number of anilines is 1. The molecule has 0 saturated heterocycles. The Morgan fingerprint density at radius 3 is 2.53 bits per heavy atom. The summed E-state index contributed by atoms with van der Waals surface area (Å²) in [5.74, 6) is 0.0625. The summed E-state index contributed by atoms with van der Waals surface area (Å²) < 4.78 is 33.8. The van der Waals surface area contributed by atoms with E-state index >= 15 is 0 Å². The summed E-state index contributed by atoms with van der Waals surface area (Å²) >= 11 is 0. The number of unbranched alkanes of at least 4 members (excludes halogenated alkanes) is 1. The summed E-state index contributed by atoms with van der Waals surface area (Å²) in [4.78, 5) is 19.2. The first-order valence-corrected chi connectivity index (χ1v) is 12.4. The molecule has 0 aliphatic rings. The van der Waals surface area contributed by atoms with E-state index in [9.17, 15) is 13.2 Å². The van der Waals surface area contributed by atoms with Gasteiger partial charge in [-0.25, -0.2) is 18.4 Å². The number of carboxylic acid groups (broad SMARTS) is 1. The number of hydrogen-bond donors (Lipinski definition) is 2. The summed E-state index contributed by atoms with van der Waals surface area (Å²) in [6.45, 7) is 2.52. The lowest BCUT2D eigenvalue weighted by Gasteiger charge is -2.22. The van der Waals surface area contributed by atoms with Gasteiger partial charge in [0.1, 0.15) is 18.1 Å². The minimum atomic E-state index is -3.93. The normalized spacial score (nSPS) is 11.4. The lowest BCUT2D eigenvalue weighted by Crippen LogP contribution is -2.31. The number of aliphatic carboxylic acids is 1. The minimum Gasteiger partial charge on any atom is -0.494 e. The summed E-state index contributed by atoms with van der Waals surface area (Å²) in [5.41, 5.74) is 1.25. The van der Waals surface area contributed by atoms with Crippen molar-refractivity contribution in [2.75, 3.05) is 18.5 Å². The molecule has 0 radical (unpaired) electrons. The van der Waals surface area contributed by atoms with E-state index in [0.29, 0.717) is 18.1 Å². The Balaban J connectivity index is 1.83. The fourth-order valence-corrected chi connectivity index (χ4v) is 4.43. The first-order valence-electron chi connectivity index (χ1n) is 10.9. The van der Waals surface area contributed by atoms with E-state index in [1.165, 1.54) is 16.6 Å². The van der Waals surface area contributed by atoms with Crippen LogP contribution in [-0.4, -0.2) is 46.9 Å². The van der Waals surface area contributed by atoms with Crippen molar-refractivity contribution in [3.05, 3.63) is 78.1 Å². The molecular formula is C24H28N4O5S. The van der Waals surface area contributed by atoms with Gasteiger partial charge in [-0.2, -0.15) is 4.31 Å². The summed E-state index contributed by atoms with van der Waals surface area (Å²) in [7, 11) is -3.93. The predicted octanol–water partition coefficient (Wildman–Crippen LogP) is 3.54. The monoisotopic (exact) mass is 484 g/mol. The molecule has 2 heterocycles. The number of ether oxygens (including phenoxy) is 1. The number of carboxylic acids is 1. The Morgan fingerprint density at radius 1 is 1.06 bits per heavy atom. The molecule has 34 heavy (non-hydrogen) atoms. The van der Waals surface area contributed by atoms with E-state index in [1.807, 2.05) is 24.3 Å². The van der Waals surface area contributed by atoms with Gasteiger partial charge in [-0.15, -0.1) is 0 Å². The number of carbonyl (C=O) groups is 1. The number of pyridine rings is 2. The second-order valence-corrected chi connectivity index (χ2v) is 9.43. The van der Waals surface area contributed by atoms with Gasteiger partial charge in [0.2, 0.25) is 0 Å². The average Bonchev–Trinajstić information content (AvgIpc) is 2.84. The molecule has 0 saturated carbocycles. The van der Waals surface area contributed by atoms with Gasteiger partial charge < -0.3 is 15.2 Å². The number of nitrogens with one attached hydrogen (secondary N) is 1. The van der Waals surface area contributed by atoms with Crippen LogP contribution in [0.2, 0.25) is 0 Å². The SMILES string of the molecule is CCCCOc1ccc(CN(Cc2cccc(NCC(=O)O)n2)S(=O)(=O)c2ccccn2)cc1. The van der Waals surface area contributed by atoms with Crippen LogP contribution in [-0.2, 0) is 27.9 Å². The van der Waals surface area contributed by atoms with Gasteiger partial charge >= 0.3 is 5.97 Å². The smallest absolute Gasteiger partial charge is 0.322 e. The molecule has 1 aromatic carbocycles. The second-order valence-electron chi connectivity index (χ2n) is 7.55. The molecule has 0 unspecified atom stereocenters. The van der Waals surface area contributed by atoms with Gasteiger partial charge in [-0.1, -0.05) is 37.6 Å². The van der Waals surface area contributed by atoms with E-state index in [-0.39, 0.29) is 24.7 Å². The van der Waals surface area contributed by atoms with E-state index in [4.69, 9.17) is 9.84 Å². The average molecular weight is 485 g/mol. The van der Waals surface area contributed by atoms with Gasteiger partial charge in [0.15, 0.2) is 5.03 Å². The topological polar surface area (TPSA) is 122 Å². The van der Waals surface area contributed by atoms with Crippen molar-refractivity contribution in [3.63, 3.8) is 0 Å². The van der Waals surface area contributed by atoms with Crippen LogP contribution in [0.25, 0.3) is 0 Å². The maximum absolute atomic E-state index is 13.4. The van der Waals surface area contributed by atoms with Crippen LogP contribution in [0, 0.1) is 0 Å². The summed E-state index contributed by atoms with van der Waals surface area (Å²) in [5, 5.41) is 11.5. The molecule has 180 valence electrons. The van der Waals surface area contributed by atoms with Gasteiger partial charge in [0.05, 0.1) is 18.8 Å². The van der Waals surface area contributed by atoms with Crippen molar-refractivity contribution >= 4 is 21.8 Å². The highest BCUT2D eigenvalue weighted by Crippen LogP contribution is 2.21. The lowest BCUT2D eigenvalue weighted by molar-refractivity contribution is -0.134. The molecule has 0 fully saturated rings. The first kappa shape index (κ1) is 25.1. The second kappa shape index (κ2) is 12.1. The molecule has 3 aromatic rings. The predicted molar refractivity (Wildman–Crippen MR) is 128 cm³/mol. The maximum Gasteiger partial charge on any atom is 0.322 e. The fourth-order valence-electron chi connectivity index (χ4n) is 3.10. The van der Waals surface area contributed by atoms with E-state index in [2.05, 4.69) is 22.2 Å². The van der Waals surface area contributed by atoms with E-state index in [0.717, 1.165) is 24.2 Å². The first-order chi connectivity index (χ1) is 16.4. The van der Waals surface area contributed by atoms with Crippen molar-refractivity contribution in [1.82, 2.24) is 14.3 Å². The zero-order chi connectivity index (χ0) is 24.4. The Bertz CT molecular complexity index is 1170. The molecule has 10 heteroatoms. The Kier molecular flexibility index (Phi) is 8.94. The molecule has 0 bridgehead atoms. The number of nitrogens with zero attached hydrogens (tertiary/aromatic N) is 3. The van der Waals surface area contributed by atoms with Crippen molar-refractivity contribution in [3.8, 4) is 5.75 Å². The van der Waals surface area contributed by atoms with Gasteiger partial charge in [-0.3, -0.25) is 4.79 Å². The highest BCUT2D eigenvalue weighted by Gasteiger charge is 2.26. The van der Waals surface area contributed by atoms with Crippen LogP contribution in [0.4, 0.5) is 5.82 Å². The molecule has 2 aromatic heterocycles. The van der Waals surface area contributed by atoms with Crippen LogP contribution in [0.15, 0.2) is 71.9 Å². The molecule has 9 nitrogen and oxygen atoms in total. The van der Waals surface area contributed by atoms with Gasteiger partial charge in [0, 0.05) is 12.7 Å². The highest BCUT2D eigenvalue weighted by atomic mass is 32.2. The Morgan fingerprint density at radius 2 is 1.85 bits per heavy atom. The lowest BCUT2D eigenvalue weighted by atomic mass is 10.2. The zero-order valence-electron chi connectivity index (χ0n) is 18.9. The largest absolute Gasteiger partial charge is 0.494 e. The highest BCUT2D eigenvalue weighted by molar-refractivity contribution is 7.89. The number of sulfonamides is 1. The maximum atomic E-state index is 13.4. The van der Waals surface area contributed by atoms with Crippen molar-refractivity contribution < 1.29 is 23.1 Å². The summed E-state index contributed by atoms with van der Waals surface area (Å²) in [6.07, 6.45) is 3.44. The third-order valence-corrected chi connectivity index (χ3v) is 6.56. The number of hydrogen-bond acceptors (Lipinski definition) is 7. The van der Waals surface area contributed by atoms with E-state index < -0.39 is 16.0 Å². The van der Waals surface area contributed by atoms with Crippen molar-refractivity contribution in [1.29, 1.82) is 0 Å². The third kappa shape index (κ3) is 7.26. The van der Waals surface area contributed by atoms with Crippen LogP contribution >= 0.6 is 0 Å². The quantitative estimate of drug-likeness (QED) is 0.353. The van der Waals surface area contributed by atoms with Crippen molar-refractivity contribution in [2.45, 2.75) is 37.9 Å². The Hall–Kier alpha value is -3.50. The van der Waals surface area contributed by atoms with Gasteiger partial charge in [0.25, 0.3) is 10.0 Å². The molecule has 0 aliphatic carbocycles. The standard InChI is InChI=1S/C24H28N4O5S/c1-2-3-15-33-21-12-10-19(11-13-21)17-28(34(31,32)23-9-4-5-14-25-23)18-20-7-6-8-22(27-20)26-16-24(29)30/h4-14H,2-3,15-18H2,1H3,(H,26,27)(H,29,30). The summed E-state index contributed by atoms with van der Waals surface area (Å²) in [6, 6.07) is 17.1. The zero-order valence-corrected chi connectivity index (χ0v) is 19.7. The Labute approximate surface area is 199 Å². The number of benzene rings is 1. The molecule has 2 N–H and O–H groups in total. The molecule has 0 spiro atoms. The van der Waals surface area contributed by atoms with Crippen LogP contribution < -0.4 is 10.1 Å². The fraction of sp³-hybridized carbons (Fsp3) is 0.292. The molecule has 0 atom stereocenters. The minimum absolute atomic E-state index is 0.0176. The van der Waals surface area contributed by atoms with Gasteiger partial charge in [-0.05, 0) is 48.4 Å². The molecule has 0 aliphatic heterocycles. The van der Waals surface area contributed by atoms with E-state index in [1.54, 1.807) is 30.3 Å². The van der Waals surface area contributed by atoms with Crippen molar-refractivity contribution in [2.24, 2.45) is 0 Å². The number of aromatic nitrogens is 2.